The van der Waals surface area contributed by atoms with Crippen LogP contribution in [0.5, 0.6) is 5.75 Å². The summed E-state index contributed by atoms with van der Waals surface area (Å²) in [7, 11) is 1.28. The Morgan fingerprint density at radius 3 is 2.50 bits per heavy atom. The van der Waals surface area contributed by atoms with Crippen LogP contribution >= 0.6 is 0 Å². The number of ether oxygens (including phenoxy) is 2. The Bertz CT molecular complexity index is 1050. The molecule has 11 heteroatoms. The number of carbonyl (C=O) groups excluding carboxylic acids is 4. The molecule has 3 amide bonds. The van der Waals surface area contributed by atoms with Crippen LogP contribution in [0.4, 0.5) is 0 Å². The number of hydroxylamine groups is 1. The van der Waals surface area contributed by atoms with Crippen molar-refractivity contribution < 1.29 is 38.3 Å². The van der Waals surface area contributed by atoms with Crippen molar-refractivity contribution in [1.82, 2.24) is 16.1 Å². The molecular formula is C25H33N3O8. The van der Waals surface area contributed by atoms with E-state index in [1.807, 2.05) is 13.8 Å². The highest BCUT2D eigenvalue weighted by atomic mass is 16.5. The van der Waals surface area contributed by atoms with E-state index in [1.165, 1.54) is 13.2 Å². The minimum Gasteiger partial charge on any atom is -0.494 e. The summed E-state index contributed by atoms with van der Waals surface area (Å²) in [5.41, 5.74) is 2.33. The second kappa shape index (κ2) is 14.5. The van der Waals surface area contributed by atoms with Crippen molar-refractivity contribution in [3.8, 4) is 17.1 Å². The first-order chi connectivity index (χ1) is 17.3. The summed E-state index contributed by atoms with van der Waals surface area (Å²) in [4.78, 5) is 48.5. The average molecular weight is 504 g/mol. The van der Waals surface area contributed by atoms with E-state index >= 15 is 0 Å². The number of benzene rings is 1. The van der Waals surface area contributed by atoms with Crippen molar-refractivity contribution in [2.24, 2.45) is 5.92 Å². The smallest absolute Gasteiger partial charge is 0.338 e. The number of amides is 3. The number of unbranched alkanes of at least 4 members (excludes halogenated alkanes) is 2. The summed E-state index contributed by atoms with van der Waals surface area (Å²) in [6.07, 6.45) is 2.96. The fourth-order valence-electron chi connectivity index (χ4n) is 3.52. The normalized spacial score (nSPS) is 11.3. The summed E-state index contributed by atoms with van der Waals surface area (Å²) >= 11 is 0. The van der Waals surface area contributed by atoms with Crippen molar-refractivity contribution in [3.63, 3.8) is 0 Å². The van der Waals surface area contributed by atoms with E-state index < -0.39 is 29.6 Å². The van der Waals surface area contributed by atoms with E-state index in [0.717, 1.165) is 19.3 Å². The predicted octanol–water partition coefficient (Wildman–Crippen LogP) is 3.03. The van der Waals surface area contributed by atoms with Crippen LogP contribution in [-0.2, 0) is 14.3 Å². The second-order valence-corrected chi connectivity index (χ2v) is 7.99. The first kappa shape index (κ1) is 28.4. The van der Waals surface area contributed by atoms with Gasteiger partial charge in [0.2, 0.25) is 11.8 Å². The summed E-state index contributed by atoms with van der Waals surface area (Å²) < 4.78 is 15.9. The van der Waals surface area contributed by atoms with Gasteiger partial charge in [0.15, 0.2) is 5.76 Å². The van der Waals surface area contributed by atoms with Gasteiger partial charge >= 0.3 is 5.97 Å². The molecule has 0 spiro atoms. The van der Waals surface area contributed by atoms with Gasteiger partial charge in [0, 0.05) is 17.9 Å². The highest BCUT2D eigenvalue weighted by molar-refractivity contribution is 5.93. The van der Waals surface area contributed by atoms with E-state index in [1.54, 1.807) is 29.7 Å². The van der Waals surface area contributed by atoms with Gasteiger partial charge in [0.05, 0.1) is 25.9 Å². The fraction of sp³-hybridized carbons (Fsp3) is 0.440. The zero-order chi connectivity index (χ0) is 26.5. The highest BCUT2D eigenvalue weighted by Gasteiger charge is 2.22. The number of nitrogens with one attached hydrogen (secondary N) is 3. The molecule has 0 aliphatic rings. The zero-order valence-corrected chi connectivity index (χ0v) is 20.7. The Morgan fingerprint density at radius 1 is 1.06 bits per heavy atom. The molecule has 11 nitrogen and oxygen atoms in total. The molecule has 1 heterocycles. The van der Waals surface area contributed by atoms with Crippen LogP contribution in [0.1, 0.15) is 66.9 Å². The third kappa shape index (κ3) is 8.42. The molecule has 0 radical (unpaired) electrons. The maximum Gasteiger partial charge on any atom is 0.338 e. The van der Waals surface area contributed by atoms with Gasteiger partial charge in [-0.1, -0.05) is 26.2 Å². The van der Waals surface area contributed by atoms with Gasteiger partial charge in [-0.3, -0.25) is 19.6 Å². The molecule has 0 saturated carbocycles. The summed E-state index contributed by atoms with van der Waals surface area (Å²) in [6.45, 7) is 4.06. The highest BCUT2D eigenvalue weighted by Crippen LogP contribution is 2.28. The Morgan fingerprint density at radius 2 is 1.83 bits per heavy atom. The second-order valence-electron chi connectivity index (χ2n) is 7.99. The Labute approximate surface area is 209 Å². The first-order valence-corrected chi connectivity index (χ1v) is 11.8. The third-order valence-electron chi connectivity index (χ3n) is 5.35. The predicted molar refractivity (Wildman–Crippen MR) is 129 cm³/mol. The molecule has 36 heavy (non-hydrogen) atoms. The van der Waals surface area contributed by atoms with Gasteiger partial charge in [0.25, 0.3) is 5.91 Å². The van der Waals surface area contributed by atoms with Gasteiger partial charge in [0.1, 0.15) is 11.5 Å². The van der Waals surface area contributed by atoms with Gasteiger partial charge in [-0.05, 0) is 43.7 Å². The lowest BCUT2D eigenvalue weighted by Gasteiger charge is -2.16. The van der Waals surface area contributed by atoms with Gasteiger partial charge in [-0.15, -0.1) is 0 Å². The standard InChI is InChI=1S/C25H33N3O8/c1-4-6-7-8-16(14-22(29)28-33)23(30)26-15-27-24(31)21-10-9-20(36-21)17-11-18(25(32)34-3)13-19(12-17)35-5-2/h9-13,16,33H,4-8,14-15H2,1-3H3,(H,26,30)(H,27,31)(H,28,29)/t16-/m1/s1. The lowest BCUT2D eigenvalue weighted by Crippen LogP contribution is -2.41. The van der Waals surface area contributed by atoms with E-state index in [0.29, 0.717) is 30.1 Å². The first-order valence-electron chi connectivity index (χ1n) is 11.8. The van der Waals surface area contributed by atoms with Crippen molar-refractivity contribution >= 4 is 23.7 Å². The fourth-order valence-corrected chi connectivity index (χ4v) is 3.52. The quantitative estimate of drug-likeness (QED) is 0.101. The van der Waals surface area contributed by atoms with Gasteiger partial charge in [-0.2, -0.15) is 0 Å². The maximum atomic E-state index is 12.5. The van der Waals surface area contributed by atoms with Crippen molar-refractivity contribution in [2.75, 3.05) is 20.4 Å². The van der Waals surface area contributed by atoms with E-state index in [-0.39, 0.29) is 24.4 Å². The number of methoxy groups -OCH3 is 1. The Balaban J connectivity index is 2.02. The Hall–Kier alpha value is -3.86. The largest absolute Gasteiger partial charge is 0.494 e. The molecule has 0 fully saturated rings. The maximum absolute atomic E-state index is 12.5. The van der Waals surface area contributed by atoms with Crippen LogP contribution in [-0.4, -0.2) is 49.3 Å². The number of hydrogen-bond donors (Lipinski definition) is 4. The molecule has 196 valence electrons. The third-order valence-corrected chi connectivity index (χ3v) is 5.35. The van der Waals surface area contributed by atoms with Gasteiger partial charge < -0.3 is 24.5 Å². The van der Waals surface area contributed by atoms with E-state index in [9.17, 15) is 19.2 Å². The molecular weight excluding hydrogens is 470 g/mol. The minimum atomic E-state index is -0.650. The van der Waals surface area contributed by atoms with Crippen molar-refractivity contribution in [3.05, 3.63) is 41.7 Å². The topological polar surface area (TPSA) is 156 Å². The lowest BCUT2D eigenvalue weighted by atomic mass is 9.96. The molecule has 0 bridgehead atoms. The van der Waals surface area contributed by atoms with Crippen LogP contribution in [0.15, 0.2) is 34.7 Å². The molecule has 1 aromatic heterocycles. The molecule has 4 N–H and O–H groups in total. The number of rotatable bonds is 14. The number of carbonyl (C=O) groups is 4. The van der Waals surface area contributed by atoms with Gasteiger partial charge in [-0.25, -0.2) is 10.3 Å². The molecule has 2 rings (SSSR count). The number of furan rings is 1. The monoisotopic (exact) mass is 503 g/mol. The van der Waals surface area contributed by atoms with E-state index in [2.05, 4.69) is 10.6 Å². The van der Waals surface area contributed by atoms with Crippen molar-refractivity contribution in [1.29, 1.82) is 0 Å². The minimum absolute atomic E-state index is 0.000154. The molecule has 1 atom stereocenters. The van der Waals surface area contributed by atoms with Crippen LogP contribution < -0.4 is 20.9 Å². The molecule has 0 saturated heterocycles. The van der Waals surface area contributed by atoms with Crippen molar-refractivity contribution in [2.45, 2.75) is 46.0 Å². The SMILES string of the molecule is CCCCC[C@H](CC(=O)NO)C(=O)NCNC(=O)c1ccc(-c2cc(OCC)cc(C(=O)OC)c2)o1. The summed E-state index contributed by atoms with van der Waals surface area (Å²) in [6, 6.07) is 7.85. The molecule has 0 unspecified atom stereocenters. The summed E-state index contributed by atoms with van der Waals surface area (Å²) in [5, 5.41) is 13.9. The molecule has 1 aromatic carbocycles. The molecule has 0 aliphatic carbocycles. The average Bonchev–Trinajstić information content (AvgIpc) is 3.38. The van der Waals surface area contributed by atoms with Crippen LogP contribution in [0.3, 0.4) is 0 Å². The molecule has 0 aliphatic heterocycles. The number of hydrogen-bond acceptors (Lipinski definition) is 8. The summed E-state index contributed by atoms with van der Waals surface area (Å²) in [5.74, 6) is -2.00. The lowest BCUT2D eigenvalue weighted by molar-refractivity contribution is -0.135. The number of esters is 1. The Kier molecular flexibility index (Phi) is 11.4. The molecule has 2 aromatic rings. The van der Waals surface area contributed by atoms with Crippen LogP contribution in [0.25, 0.3) is 11.3 Å². The van der Waals surface area contributed by atoms with Crippen LogP contribution in [0, 0.1) is 5.92 Å². The zero-order valence-electron chi connectivity index (χ0n) is 20.7. The van der Waals surface area contributed by atoms with Crippen LogP contribution in [0.2, 0.25) is 0 Å². The van der Waals surface area contributed by atoms with E-state index in [4.69, 9.17) is 19.1 Å².